The van der Waals surface area contributed by atoms with Crippen LogP contribution in [0.3, 0.4) is 0 Å². The average Bonchev–Trinajstić information content (AvgIpc) is 3.43. The molecule has 1 aromatic heterocycles. The van der Waals surface area contributed by atoms with E-state index in [9.17, 15) is 4.79 Å². The molecule has 0 unspecified atom stereocenters. The van der Waals surface area contributed by atoms with Crippen LogP contribution in [0.2, 0.25) is 0 Å². The minimum absolute atomic E-state index is 0.218. The number of carbonyl (C=O) groups excluding carboxylic acids is 1. The second-order valence-electron chi connectivity index (χ2n) is 12.6. The normalized spacial score (nSPS) is 23.6. The largest absolute Gasteiger partial charge is 0.477 e. The minimum Gasteiger partial charge on any atom is -0.477 e. The van der Waals surface area contributed by atoms with Crippen molar-refractivity contribution in [2.45, 2.75) is 71.4 Å². The van der Waals surface area contributed by atoms with Crippen molar-refractivity contribution in [2.24, 2.45) is 11.8 Å². The minimum atomic E-state index is -0.501. The summed E-state index contributed by atoms with van der Waals surface area (Å²) in [6.07, 6.45) is 7.21. The number of hydrogen-bond acceptors (Lipinski definition) is 8. The number of ether oxygens (including phenoxy) is 3. The molecule has 2 aromatic rings. The third-order valence-electron chi connectivity index (χ3n) is 8.05. The third-order valence-corrected chi connectivity index (χ3v) is 8.05. The maximum absolute atomic E-state index is 12.5. The smallest absolute Gasteiger partial charge is 0.410 e. The molecule has 1 N–H and O–H groups in total. The van der Waals surface area contributed by atoms with Gasteiger partial charge in [0.15, 0.2) is 0 Å². The van der Waals surface area contributed by atoms with Gasteiger partial charge in [-0.3, -0.25) is 0 Å². The Morgan fingerprint density at radius 1 is 1.05 bits per heavy atom. The summed E-state index contributed by atoms with van der Waals surface area (Å²) < 4.78 is 17.5. The molecule has 0 bridgehead atoms. The van der Waals surface area contributed by atoms with Crippen molar-refractivity contribution in [3.05, 3.63) is 30.5 Å². The Balaban J connectivity index is 1.29. The number of rotatable bonds is 7. The third kappa shape index (κ3) is 7.56. The van der Waals surface area contributed by atoms with E-state index < -0.39 is 5.60 Å². The highest BCUT2D eigenvalue weighted by atomic mass is 16.6. The molecule has 3 aliphatic rings. The lowest BCUT2D eigenvalue weighted by Crippen LogP contribution is -2.36. The summed E-state index contributed by atoms with van der Waals surface area (Å²) in [6, 6.07) is 8.92. The van der Waals surface area contributed by atoms with E-state index in [1.54, 1.807) is 4.90 Å². The molecule has 0 spiro atoms. The fourth-order valence-electron chi connectivity index (χ4n) is 5.66. The van der Waals surface area contributed by atoms with Gasteiger partial charge in [-0.1, -0.05) is 19.1 Å². The number of carbonyl (C=O) groups is 1. The second kappa shape index (κ2) is 12.6. The van der Waals surface area contributed by atoms with Crippen LogP contribution in [0.1, 0.15) is 59.8 Å². The molecule has 2 aliphatic heterocycles. The van der Waals surface area contributed by atoms with Crippen LogP contribution in [0, 0.1) is 11.8 Å². The molecular formula is C31H45N5O4. The van der Waals surface area contributed by atoms with Gasteiger partial charge in [-0.2, -0.15) is 4.98 Å². The van der Waals surface area contributed by atoms with Crippen LogP contribution in [0.25, 0.3) is 11.1 Å². The summed E-state index contributed by atoms with van der Waals surface area (Å²) in [5.74, 6) is 2.20. The van der Waals surface area contributed by atoms with Gasteiger partial charge in [0.1, 0.15) is 5.60 Å². The molecule has 0 radical (unpaired) electrons. The summed E-state index contributed by atoms with van der Waals surface area (Å²) in [5, 5.41) is 3.55. The van der Waals surface area contributed by atoms with E-state index in [0.29, 0.717) is 37.6 Å². The van der Waals surface area contributed by atoms with Crippen molar-refractivity contribution in [1.29, 1.82) is 0 Å². The van der Waals surface area contributed by atoms with Crippen LogP contribution in [0.15, 0.2) is 30.5 Å². The molecule has 5 rings (SSSR count). The summed E-state index contributed by atoms with van der Waals surface area (Å²) in [7, 11) is 0. The molecule has 2 saturated heterocycles. The maximum atomic E-state index is 12.5. The van der Waals surface area contributed by atoms with Crippen molar-refractivity contribution in [3.63, 3.8) is 0 Å². The molecule has 1 aromatic carbocycles. The van der Waals surface area contributed by atoms with Crippen LogP contribution in [-0.4, -0.2) is 78.6 Å². The van der Waals surface area contributed by atoms with Crippen LogP contribution in [-0.2, 0) is 9.47 Å². The monoisotopic (exact) mass is 551 g/mol. The van der Waals surface area contributed by atoms with Crippen molar-refractivity contribution in [3.8, 4) is 17.0 Å². The first-order valence-electron chi connectivity index (χ1n) is 14.9. The van der Waals surface area contributed by atoms with E-state index in [0.717, 1.165) is 62.6 Å². The zero-order valence-electron chi connectivity index (χ0n) is 24.5. The van der Waals surface area contributed by atoms with E-state index in [2.05, 4.69) is 41.4 Å². The van der Waals surface area contributed by atoms with Crippen molar-refractivity contribution < 1.29 is 19.0 Å². The van der Waals surface area contributed by atoms with Gasteiger partial charge in [-0.25, -0.2) is 9.78 Å². The van der Waals surface area contributed by atoms with Crippen LogP contribution in [0.4, 0.5) is 16.4 Å². The number of likely N-dealkylation sites (tertiary alicyclic amines) is 1. The standard InChI is InChI=1S/C31H45N5O4/c1-22-5-9-25(10-6-22)33-29-32-19-27(24-7-11-26(12-8-24)35-15-17-38-18-16-35)28(34-29)39-21-23-13-14-36(20-23)30(37)40-31(2,3)4/h7-8,11-12,19,22-23,25H,5-6,9-10,13-18,20-21H2,1-4H3,(H,32,33,34)/t22?,23-,25?/m1/s1. The second-order valence-corrected chi connectivity index (χ2v) is 12.6. The lowest BCUT2D eigenvalue weighted by molar-refractivity contribution is 0.0284. The number of anilines is 2. The van der Waals surface area contributed by atoms with Crippen LogP contribution < -0.4 is 15.0 Å². The topological polar surface area (TPSA) is 89.1 Å². The first-order chi connectivity index (χ1) is 19.2. The van der Waals surface area contributed by atoms with Crippen LogP contribution >= 0.6 is 0 Å². The van der Waals surface area contributed by atoms with E-state index in [4.69, 9.17) is 24.2 Å². The summed E-state index contributed by atoms with van der Waals surface area (Å²) >= 11 is 0. The zero-order valence-corrected chi connectivity index (χ0v) is 24.5. The van der Waals surface area contributed by atoms with Gasteiger partial charge in [0.2, 0.25) is 11.8 Å². The Labute approximate surface area is 238 Å². The highest BCUT2D eigenvalue weighted by Crippen LogP contribution is 2.32. The molecule has 40 heavy (non-hydrogen) atoms. The van der Waals surface area contributed by atoms with Gasteiger partial charge in [0, 0.05) is 50.0 Å². The van der Waals surface area contributed by atoms with E-state index in [-0.39, 0.29) is 12.0 Å². The summed E-state index contributed by atoms with van der Waals surface area (Å²) in [5.41, 5.74) is 2.58. The van der Waals surface area contributed by atoms with E-state index in [1.807, 2.05) is 27.0 Å². The predicted molar refractivity (Wildman–Crippen MR) is 157 cm³/mol. The molecule has 1 aliphatic carbocycles. The van der Waals surface area contributed by atoms with E-state index >= 15 is 0 Å². The maximum Gasteiger partial charge on any atom is 0.410 e. The number of morpholine rings is 1. The fourth-order valence-corrected chi connectivity index (χ4v) is 5.66. The van der Waals surface area contributed by atoms with Gasteiger partial charge in [0.25, 0.3) is 0 Å². The molecule has 9 heteroatoms. The van der Waals surface area contributed by atoms with Gasteiger partial charge in [-0.05, 0) is 76.5 Å². The van der Waals surface area contributed by atoms with Crippen molar-refractivity contribution in [1.82, 2.24) is 14.9 Å². The van der Waals surface area contributed by atoms with Gasteiger partial charge in [0.05, 0.1) is 25.4 Å². The predicted octanol–water partition coefficient (Wildman–Crippen LogP) is 5.61. The first-order valence-corrected chi connectivity index (χ1v) is 14.9. The molecule has 218 valence electrons. The summed E-state index contributed by atoms with van der Waals surface area (Å²) in [4.78, 5) is 26.2. The quantitative estimate of drug-likeness (QED) is 0.475. The lowest BCUT2D eigenvalue weighted by Gasteiger charge is -2.29. The Morgan fingerprint density at radius 2 is 1.77 bits per heavy atom. The van der Waals surface area contributed by atoms with Gasteiger partial charge < -0.3 is 29.3 Å². The molecular weight excluding hydrogens is 506 g/mol. The van der Waals surface area contributed by atoms with Gasteiger partial charge in [-0.15, -0.1) is 0 Å². The highest BCUT2D eigenvalue weighted by molar-refractivity contribution is 5.71. The number of amides is 1. The summed E-state index contributed by atoms with van der Waals surface area (Å²) in [6.45, 7) is 13.1. The molecule has 9 nitrogen and oxygen atoms in total. The number of aromatic nitrogens is 2. The SMILES string of the molecule is CC1CCC(Nc2ncc(-c3ccc(N4CCOCC4)cc3)c(OC[C@@H]3CCN(C(=O)OC(C)(C)C)C3)n2)CC1. The number of hydrogen-bond donors (Lipinski definition) is 1. The number of nitrogens with zero attached hydrogens (tertiary/aromatic N) is 4. The zero-order chi connectivity index (χ0) is 28.1. The Kier molecular flexibility index (Phi) is 8.98. The molecule has 1 saturated carbocycles. The van der Waals surface area contributed by atoms with Gasteiger partial charge >= 0.3 is 6.09 Å². The molecule has 1 amide bonds. The number of nitrogens with one attached hydrogen (secondary N) is 1. The Hall–Kier alpha value is -3.07. The first kappa shape index (κ1) is 28.5. The highest BCUT2D eigenvalue weighted by Gasteiger charge is 2.30. The lowest BCUT2D eigenvalue weighted by atomic mass is 9.87. The number of benzene rings is 1. The Morgan fingerprint density at radius 3 is 2.48 bits per heavy atom. The molecule has 3 heterocycles. The molecule has 3 fully saturated rings. The van der Waals surface area contributed by atoms with Crippen LogP contribution in [0.5, 0.6) is 5.88 Å². The average molecular weight is 552 g/mol. The fraction of sp³-hybridized carbons (Fsp3) is 0.645. The van der Waals surface area contributed by atoms with Crippen molar-refractivity contribution in [2.75, 3.05) is 56.2 Å². The Bertz CT molecular complexity index is 1120. The van der Waals surface area contributed by atoms with Crippen molar-refractivity contribution >= 4 is 17.7 Å². The van der Waals surface area contributed by atoms with E-state index in [1.165, 1.54) is 18.5 Å². The molecule has 1 atom stereocenters.